The van der Waals surface area contributed by atoms with Crippen molar-refractivity contribution >= 4 is 17.7 Å². The third-order valence-electron chi connectivity index (χ3n) is 4.22. The summed E-state index contributed by atoms with van der Waals surface area (Å²) in [5, 5.41) is 12.0. The minimum atomic E-state index is 0.0584. The highest BCUT2D eigenvalue weighted by molar-refractivity contribution is 7.99. The van der Waals surface area contributed by atoms with E-state index < -0.39 is 0 Å². The molecule has 3 rings (SSSR count). The Morgan fingerprint density at radius 1 is 1.39 bits per heavy atom. The van der Waals surface area contributed by atoms with E-state index in [1.165, 1.54) is 43.9 Å². The van der Waals surface area contributed by atoms with Crippen molar-refractivity contribution in [1.82, 2.24) is 20.1 Å². The number of hydrogen-bond donors (Lipinski definition) is 1. The Labute approximate surface area is 140 Å². The summed E-state index contributed by atoms with van der Waals surface area (Å²) in [6, 6.07) is 3.66. The predicted octanol–water partition coefficient (Wildman–Crippen LogP) is 2.86. The quantitative estimate of drug-likeness (QED) is 0.822. The fraction of sp³-hybridized carbons (Fsp3) is 0.562. The molecule has 0 aromatic carbocycles. The van der Waals surface area contributed by atoms with Crippen molar-refractivity contribution in [3.05, 3.63) is 18.4 Å². The molecule has 0 radical (unpaired) electrons. The number of nitrogens with one attached hydrogen (secondary N) is 1. The molecule has 7 heteroatoms. The molecule has 2 heterocycles. The van der Waals surface area contributed by atoms with E-state index in [9.17, 15) is 4.79 Å². The standard InChI is InChI=1S/C16H22N4O2S/c1-20-15(13-8-5-9-22-13)18-19-16(20)23-11-14(21)17-10-12-6-3-2-4-7-12/h5,8-9,12H,2-4,6-7,10-11H2,1H3,(H,17,21). The Bertz CT molecular complexity index is 633. The van der Waals surface area contributed by atoms with Crippen LogP contribution in [0.5, 0.6) is 0 Å². The van der Waals surface area contributed by atoms with Gasteiger partial charge in [-0.3, -0.25) is 4.79 Å². The highest BCUT2D eigenvalue weighted by atomic mass is 32.2. The monoisotopic (exact) mass is 334 g/mol. The number of thioether (sulfide) groups is 1. The maximum Gasteiger partial charge on any atom is 0.230 e. The van der Waals surface area contributed by atoms with Gasteiger partial charge in [-0.15, -0.1) is 10.2 Å². The minimum absolute atomic E-state index is 0.0584. The molecule has 1 aliphatic carbocycles. The van der Waals surface area contributed by atoms with E-state index >= 15 is 0 Å². The number of amides is 1. The number of nitrogens with zero attached hydrogens (tertiary/aromatic N) is 3. The van der Waals surface area contributed by atoms with Gasteiger partial charge in [-0.2, -0.15) is 0 Å². The highest BCUT2D eigenvalue weighted by Crippen LogP contribution is 2.24. The summed E-state index contributed by atoms with van der Waals surface area (Å²) in [5.74, 6) is 2.41. The fourth-order valence-corrected chi connectivity index (χ4v) is 3.63. The van der Waals surface area contributed by atoms with E-state index in [0.717, 1.165) is 6.54 Å². The molecule has 1 fully saturated rings. The topological polar surface area (TPSA) is 73.0 Å². The zero-order valence-electron chi connectivity index (χ0n) is 13.3. The van der Waals surface area contributed by atoms with Gasteiger partial charge in [0.15, 0.2) is 16.7 Å². The first-order valence-electron chi connectivity index (χ1n) is 8.07. The zero-order chi connectivity index (χ0) is 16.1. The first-order chi connectivity index (χ1) is 11.2. The maximum atomic E-state index is 12.0. The molecular formula is C16H22N4O2S. The number of carbonyl (C=O) groups is 1. The highest BCUT2D eigenvalue weighted by Gasteiger charge is 2.16. The van der Waals surface area contributed by atoms with Crippen molar-refractivity contribution < 1.29 is 9.21 Å². The van der Waals surface area contributed by atoms with E-state index in [2.05, 4.69) is 15.5 Å². The number of hydrogen-bond acceptors (Lipinski definition) is 5. The molecule has 0 atom stereocenters. The summed E-state index contributed by atoms with van der Waals surface area (Å²) in [4.78, 5) is 12.0. The Morgan fingerprint density at radius 3 is 2.96 bits per heavy atom. The first kappa shape index (κ1) is 16.1. The molecular weight excluding hydrogens is 312 g/mol. The van der Waals surface area contributed by atoms with Crippen LogP contribution in [-0.2, 0) is 11.8 Å². The third-order valence-corrected chi connectivity index (χ3v) is 5.24. The summed E-state index contributed by atoms with van der Waals surface area (Å²) >= 11 is 1.40. The smallest absolute Gasteiger partial charge is 0.230 e. The summed E-state index contributed by atoms with van der Waals surface area (Å²) in [7, 11) is 1.88. The maximum absolute atomic E-state index is 12.0. The van der Waals surface area contributed by atoms with E-state index in [0.29, 0.717) is 28.4 Å². The second kappa shape index (κ2) is 7.68. The average molecular weight is 334 g/mol. The van der Waals surface area contributed by atoms with Crippen LogP contribution in [-0.4, -0.2) is 33.0 Å². The molecule has 0 unspecified atom stereocenters. The SMILES string of the molecule is Cn1c(SCC(=O)NCC2CCCCC2)nnc1-c1ccco1. The molecule has 0 saturated heterocycles. The van der Waals surface area contributed by atoms with Crippen molar-refractivity contribution in [1.29, 1.82) is 0 Å². The van der Waals surface area contributed by atoms with E-state index in [1.807, 2.05) is 23.7 Å². The second-order valence-corrected chi connectivity index (χ2v) is 6.88. The lowest BCUT2D eigenvalue weighted by Gasteiger charge is -2.21. The molecule has 2 aromatic rings. The van der Waals surface area contributed by atoms with E-state index in [1.54, 1.807) is 6.26 Å². The van der Waals surface area contributed by atoms with Crippen LogP contribution in [0.25, 0.3) is 11.6 Å². The number of carbonyl (C=O) groups excluding carboxylic acids is 1. The zero-order valence-corrected chi connectivity index (χ0v) is 14.1. The molecule has 23 heavy (non-hydrogen) atoms. The Hall–Kier alpha value is -1.76. The molecule has 1 amide bonds. The van der Waals surface area contributed by atoms with Crippen LogP contribution < -0.4 is 5.32 Å². The van der Waals surface area contributed by atoms with Crippen LogP contribution in [0, 0.1) is 5.92 Å². The molecule has 124 valence electrons. The van der Waals surface area contributed by atoms with Crippen LogP contribution in [0.3, 0.4) is 0 Å². The van der Waals surface area contributed by atoms with Crippen molar-refractivity contribution in [2.45, 2.75) is 37.3 Å². The molecule has 1 N–H and O–H groups in total. The summed E-state index contributed by atoms with van der Waals surface area (Å²) < 4.78 is 7.18. The molecule has 6 nitrogen and oxygen atoms in total. The van der Waals surface area contributed by atoms with Crippen LogP contribution in [0.15, 0.2) is 28.0 Å². The van der Waals surface area contributed by atoms with Crippen molar-refractivity contribution in [2.24, 2.45) is 13.0 Å². The van der Waals surface area contributed by atoms with Crippen LogP contribution in [0.4, 0.5) is 0 Å². The van der Waals surface area contributed by atoms with Gasteiger partial charge in [0.2, 0.25) is 5.91 Å². The summed E-state index contributed by atoms with van der Waals surface area (Å²) in [6.07, 6.45) is 8.01. The number of furan rings is 1. The fourth-order valence-electron chi connectivity index (χ4n) is 2.89. The minimum Gasteiger partial charge on any atom is -0.461 e. The molecule has 1 saturated carbocycles. The van der Waals surface area contributed by atoms with Crippen molar-refractivity contribution in [3.8, 4) is 11.6 Å². The molecule has 0 bridgehead atoms. The Kier molecular flexibility index (Phi) is 5.38. The van der Waals surface area contributed by atoms with Crippen molar-refractivity contribution in [3.63, 3.8) is 0 Å². The summed E-state index contributed by atoms with van der Waals surface area (Å²) in [5.41, 5.74) is 0. The van der Waals surface area contributed by atoms with Gasteiger partial charge in [0.1, 0.15) is 0 Å². The van der Waals surface area contributed by atoms with Gasteiger partial charge >= 0.3 is 0 Å². The molecule has 0 aliphatic heterocycles. The second-order valence-electron chi connectivity index (χ2n) is 5.94. The lowest BCUT2D eigenvalue weighted by molar-refractivity contribution is -0.118. The van der Waals surface area contributed by atoms with Crippen LogP contribution in [0.1, 0.15) is 32.1 Å². The van der Waals surface area contributed by atoms with Gasteiger partial charge in [-0.25, -0.2) is 0 Å². The largest absolute Gasteiger partial charge is 0.461 e. The third kappa shape index (κ3) is 4.16. The number of rotatable bonds is 6. The van der Waals surface area contributed by atoms with E-state index in [4.69, 9.17) is 4.42 Å². The summed E-state index contributed by atoms with van der Waals surface area (Å²) in [6.45, 7) is 0.801. The average Bonchev–Trinajstić information content (AvgIpc) is 3.22. The molecule has 2 aromatic heterocycles. The Balaban J connectivity index is 1.47. The van der Waals surface area contributed by atoms with Gasteiger partial charge in [0.05, 0.1) is 12.0 Å². The van der Waals surface area contributed by atoms with Gasteiger partial charge in [0.25, 0.3) is 0 Å². The predicted molar refractivity (Wildman–Crippen MR) is 89.0 cm³/mol. The molecule has 1 aliphatic rings. The normalized spacial score (nSPS) is 15.7. The van der Waals surface area contributed by atoms with Gasteiger partial charge in [-0.1, -0.05) is 31.0 Å². The number of aromatic nitrogens is 3. The first-order valence-corrected chi connectivity index (χ1v) is 9.05. The van der Waals surface area contributed by atoms with Gasteiger partial charge in [-0.05, 0) is 30.9 Å². The lowest BCUT2D eigenvalue weighted by Crippen LogP contribution is -2.31. The lowest BCUT2D eigenvalue weighted by atomic mass is 9.89. The van der Waals surface area contributed by atoms with Crippen LogP contribution in [0.2, 0.25) is 0 Å². The van der Waals surface area contributed by atoms with Crippen molar-refractivity contribution in [2.75, 3.05) is 12.3 Å². The Morgan fingerprint density at radius 2 is 2.22 bits per heavy atom. The molecule has 0 spiro atoms. The van der Waals surface area contributed by atoms with Crippen LogP contribution >= 0.6 is 11.8 Å². The van der Waals surface area contributed by atoms with E-state index in [-0.39, 0.29) is 5.91 Å². The van der Waals surface area contributed by atoms with Gasteiger partial charge < -0.3 is 14.3 Å². The van der Waals surface area contributed by atoms with Gasteiger partial charge in [0, 0.05) is 13.6 Å².